The van der Waals surface area contributed by atoms with Gasteiger partial charge in [0.05, 0.1) is 11.4 Å². The maximum atomic E-state index is 11.8. The molecule has 2 N–H and O–H groups in total. The van der Waals surface area contributed by atoms with Crippen LogP contribution in [0, 0.1) is 0 Å². The smallest absolute Gasteiger partial charge is 0.226 e. The summed E-state index contributed by atoms with van der Waals surface area (Å²) in [6.45, 7) is 0.584. The number of nitrogens with two attached hydrogens (primary N) is 1. The van der Waals surface area contributed by atoms with Crippen molar-refractivity contribution >= 4 is 23.1 Å². The van der Waals surface area contributed by atoms with Gasteiger partial charge in [0.1, 0.15) is 0 Å². The molecule has 0 aliphatic heterocycles. The lowest BCUT2D eigenvalue weighted by Gasteiger charge is -2.16. The summed E-state index contributed by atoms with van der Waals surface area (Å²) in [4.78, 5) is 13.9. The third-order valence-corrected chi connectivity index (χ3v) is 2.52. The van der Waals surface area contributed by atoms with Crippen molar-refractivity contribution in [2.75, 3.05) is 13.6 Å². The average Bonchev–Trinajstić information content (AvgIpc) is 2.27. The van der Waals surface area contributed by atoms with E-state index in [9.17, 15) is 4.79 Å². The molecule has 4 heteroatoms. The lowest BCUT2D eigenvalue weighted by Crippen LogP contribution is -2.31. The van der Waals surface area contributed by atoms with Gasteiger partial charge < -0.3 is 10.6 Å². The highest BCUT2D eigenvalue weighted by molar-refractivity contribution is 7.80. The third-order valence-electron chi connectivity index (χ3n) is 2.32. The molecule has 0 aliphatic rings. The van der Waals surface area contributed by atoms with Crippen LogP contribution >= 0.6 is 12.2 Å². The lowest BCUT2D eigenvalue weighted by molar-refractivity contribution is -0.129. The molecule has 1 aromatic carbocycles. The van der Waals surface area contributed by atoms with Gasteiger partial charge in [-0.2, -0.15) is 0 Å². The first-order valence-electron chi connectivity index (χ1n) is 5.16. The van der Waals surface area contributed by atoms with Crippen LogP contribution in [0.4, 0.5) is 0 Å². The van der Waals surface area contributed by atoms with Crippen molar-refractivity contribution in [3.63, 3.8) is 0 Å². The molecule has 0 unspecified atom stereocenters. The predicted octanol–water partition coefficient (Wildman–Crippen LogP) is 1.36. The number of carbonyl (C=O) groups excluding carboxylic acids is 1. The Morgan fingerprint density at radius 2 is 2.00 bits per heavy atom. The summed E-state index contributed by atoms with van der Waals surface area (Å²) in [6.07, 6.45) is 1.00. The first-order valence-corrected chi connectivity index (χ1v) is 5.56. The number of likely N-dealkylation sites (N-methyl/N-ethyl adjacent to an activating group) is 1. The van der Waals surface area contributed by atoms with Gasteiger partial charge in [0.25, 0.3) is 0 Å². The van der Waals surface area contributed by atoms with Gasteiger partial charge in [0.2, 0.25) is 5.91 Å². The molecule has 86 valence electrons. The Labute approximate surface area is 101 Å². The van der Waals surface area contributed by atoms with Crippen molar-refractivity contribution in [1.82, 2.24) is 4.90 Å². The number of nitrogens with zero attached hydrogens (tertiary/aromatic N) is 1. The third kappa shape index (κ3) is 4.40. The first-order chi connectivity index (χ1) is 7.59. The second-order valence-electron chi connectivity index (χ2n) is 3.69. The molecular formula is C12H16N2OS. The summed E-state index contributed by atoms with van der Waals surface area (Å²) in [6, 6.07) is 9.68. The van der Waals surface area contributed by atoms with E-state index in [0.29, 0.717) is 24.4 Å². The normalized spacial score (nSPS) is 9.81. The van der Waals surface area contributed by atoms with Gasteiger partial charge in [-0.05, 0) is 5.56 Å². The van der Waals surface area contributed by atoms with Gasteiger partial charge in [0.15, 0.2) is 0 Å². The average molecular weight is 236 g/mol. The maximum absolute atomic E-state index is 11.8. The summed E-state index contributed by atoms with van der Waals surface area (Å²) in [5.41, 5.74) is 6.41. The molecule has 0 bridgehead atoms. The molecule has 0 radical (unpaired) electrons. The zero-order chi connectivity index (χ0) is 12.0. The molecule has 1 amide bonds. The van der Waals surface area contributed by atoms with E-state index in [1.807, 2.05) is 30.3 Å². The van der Waals surface area contributed by atoms with Crippen molar-refractivity contribution < 1.29 is 4.79 Å². The summed E-state index contributed by atoms with van der Waals surface area (Å²) < 4.78 is 0. The molecular weight excluding hydrogens is 220 g/mol. The molecule has 0 heterocycles. The second kappa shape index (κ2) is 6.23. The SMILES string of the molecule is CN(CCC(N)=S)C(=O)Cc1ccccc1. The van der Waals surface area contributed by atoms with Crippen LogP contribution in [-0.4, -0.2) is 29.4 Å². The van der Waals surface area contributed by atoms with Crippen LogP contribution in [-0.2, 0) is 11.2 Å². The fourth-order valence-corrected chi connectivity index (χ4v) is 1.40. The molecule has 1 rings (SSSR count). The molecule has 0 atom stereocenters. The number of hydrogen-bond donors (Lipinski definition) is 1. The van der Waals surface area contributed by atoms with Crippen molar-refractivity contribution in [2.24, 2.45) is 5.73 Å². The van der Waals surface area contributed by atoms with E-state index < -0.39 is 0 Å². The van der Waals surface area contributed by atoms with Crippen LogP contribution in [0.2, 0.25) is 0 Å². The summed E-state index contributed by atoms with van der Waals surface area (Å²) in [7, 11) is 1.77. The molecule has 0 saturated heterocycles. The number of benzene rings is 1. The summed E-state index contributed by atoms with van der Waals surface area (Å²) in [5, 5.41) is 0. The fraction of sp³-hybridized carbons (Fsp3) is 0.333. The predicted molar refractivity (Wildman–Crippen MR) is 69.2 cm³/mol. The van der Waals surface area contributed by atoms with Crippen molar-refractivity contribution in [3.8, 4) is 0 Å². The van der Waals surface area contributed by atoms with Crippen molar-refractivity contribution in [2.45, 2.75) is 12.8 Å². The number of amides is 1. The van der Waals surface area contributed by atoms with Gasteiger partial charge in [-0.3, -0.25) is 4.79 Å². The highest BCUT2D eigenvalue weighted by Gasteiger charge is 2.09. The maximum Gasteiger partial charge on any atom is 0.226 e. The minimum atomic E-state index is 0.0856. The Morgan fingerprint density at radius 1 is 1.38 bits per heavy atom. The van der Waals surface area contributed by atoms with Gasteiger partial charge in [-0.15, -0.1) is 0 Å². The summed E-state index contributed by atoms with van der Waals surface area (Å²) >= 11 is 4.77. The summed E-state index contributed by atoms with van der Waals surface area (Å²) in [5.74, 6) is 0.0856. The molecule has 0 aliphatic carbocycles. The Morgan fingerprint density at radius 3 is 2.56 bits per heavy atom. The zero-order valence-electron chi connectivity index (χ0n) is 9.35. The van der Waals surface area contributed by atoms with Crippen LogP contribution in [0.15, 0.2) is 30.3 Å². The number of carbonyl (C=O) groups is 1. The van der Waals surface area contributed by atoms with Crippen LogP contribution < -0.4 is 5.73 Å². The zero-order valence-corrected chi connectivity index (χ0v) is 10.2. The monoisotopic (exact) mass is 236 g/mol. The lowest BCUT2D eigenvalue weighted by atomic mass is 10.1. The molecule has 3 nitrogen and oxygen atoms in total. The molecule has 0 spiro atoms. The molecule has 16 heavy (non-hydrogen) atoms. The second-order valence-corrected chi connectivity index (χ2v) is 4.22. The minimum Gasteiger partial charge on any atom is -0.393 e. The topological polar surface area (TPSA) is 46.3 Å². The van der Waals surface area contributed by atoms with Crippen molar-refractivity contribution in [1.29, 1.82) is 0 Å². The molecule has 0 fully saturated rings. The van der Waals surface area contributed by atoms with Gasteiger partial charge in [0, 0.05) is 20.0 Å². The number of rotatable bonds is 5. The Hall–Kier alpha value is -1.42. The number of thiocarbonyl (C=S) groups is 1. The highest BCUT2D eigenvalue weighted by atomic mass is 32.1. The molecule has 0 saturated carbocycles. The molecule has 0 aromatic heterocycles. The highest BCUT2D eigenvalue weighted by Crippen LogP contribution is 2.02. The van der Waals surface area contributed by atoms with E-state index in [1.54, 1.807) is 11.9 Å². The Bertz CT molecular complexity index is 365. The van der Waals surface area contributed by atoms with Crippen LogP contribution in [0.3, 0.4) is 0 Å². The van der Waals surface area contributed by atoms with E-state index in [4.69, 9.17) is 18.0 Å². The van der Waals surface area contributed by atoms with Gasteiger partial charge >= 0.3 is 0 Å². The van der Waals surface area contributed by atoms with Gasteiger partial charge in [-0.25, -0.2) is 0 Å². The quantitative estimate of drug-likeness (QED) is 0.785. The van der Waals surface area contributed by atoms with E-state index in [-0.39, 0.29) is 5.91 Å². The minimum absolute atomic E-state index is 0.0856. The fourth-order valence-electron chi connectivity index (χ4n) is 1.31. The first kappa shape index (κ1) is 12.6. The van der Waals surface area contributed by atoms with E-state index in [2.05, 4.69) is 0 Å². The standard InChI is InChI=1S/C12H16N2OS/c1-14(8-7-11(13)16)12(15)9-10-5-3-2-4-6-10/h2-6H,7-9H2,1H3,(H2,13,16). The van der Waals surface area contributed by atoms with Crippen molar-refractivity contribution in [3.05, 3.63) is 35.9 Å². The van der Waals surface area contributed by atoms with E-state index in [1.165, 1.54) is 0 Å². The Kier molecular flexibility index (Phi) is 4.92. The van der Waals surface area contributed by atoms with Gasteiger partial charge in [-0.1, -0.05) is 42.5 Å². The van der Waals surface area contributed by atoms with E-state index >= 15 is 0 Å². The van der Waals surface area contributed by atoms with E-state index in [0.717, 1.165) is 5.56 Å². The van der Waals surface area contributed by atoms with Crippen LogP contribution in [0.25, 0.3) is 0 Å². The largest absolute Gasteiger partial charge is 0.393 e. The Balaban J connectivity index is 2.43. The number of hydrogen-bond acceptors (Lipinski definition) is 2. The van der Waals surface area contributed by atoms with Crippen LogP contribution in [0.1, 0.15) is 12.0 Å². The van der Waals surface area contributed by atoms with Crippen LogP contribution in [0.5, 0.6) is 0 Å². The molecule has 1 aromatic rings.